The average molecular weight is 304 g/mol. The Kier molecular flexibility index (Phi) is 4.81. The van der Waals surface area contributed by atoms with Crippen molar-refractivity contribution in [3.05, 3.63) is 29.8 Å². The minimum absolute atomic E-state index is 0.0250. The summed E-state index contributed by atoms with van der Waals surface area (Å²) in [4.78, 5) is 12.1. The van der Waals surface area contributed by atoms with Crippen molar-refractivity contribution in [2.24, 2.45) is 11.7 Å². The standard InChI is InChI=1S/C18H28N2O2/c1-17(2,3)13-7-9-15(10-8-13)22-11-16(21)20-18(4,12-19)14-5-6-14/h7-10,14H,5-6,11-12,19H2,1-4H3,(H,20,21). The molecule has 1 aliphatic carbocycles. The topological polar surface area (TPSA) is 64.3 Å². The third-order valence-corrected chi connectivity index (χ3v) is 4.42. The zero-order chi connectivity index (χ0) is 16.4. The molecule has 3 N–H and O–H groups in total. The highest BCUT2D eigenvalue weighted by atomic mass is 16.5. The smallest absolute Gasteiger partial charge is 0.258 e. The van der Waals surface area contributed by atoms with E-state index in [1.807, 2.05) is 31.2 Å². The van der Waals surface area contributed by atoms with Gasteiger partial charge in [0, 0.05) is 6.54 Å². The largest absolute Gasteiger partial charge is 0.484 e. The molecule has 2 rings (SSSR count). The van der Waals surface area contributed by atoms with Gasteiger partial charge in [-0.1, -0.05) is 32.9 Å². The molecule has 1 aromatic carbocycles. The molecule has 4 nitrogen and oxygen atoms in total. The highest BCUT2D eigenvalue weighted by Gasteiger charge is 2.41. The fourth-order valence-electron chi connectivity index (χ4n) is 2.59. The molecule has 0 spiro atoms. The van der Waals surface area contributed by atoms with Gasteiger partial charge in [0.25, 0.3) is 5.91 Å². The van der Waals surface area contributed by atoms with Crippen LogP contribution in [0.3, 0.4) is 0 Å². The maximum Gasteiger partial charge on any atom is 0.258 e. The van der Waals surface area contributed by atoms with Crippen molar-refractivity contribution in [2.45, 2.75) is 51.5 Å². The van der Waals surface area contributed by atoms with E-state index in [2.05, 4.69) is 26.1 Å². The molecule has 0 bridgehead atoms. The quantitative estimate of drug-likeness (QED) is 0.849. The Labute approximate surface area is 133 Å². The van der Waals surface area contributed by atoms with Crippen LogP contribution in [0, 0.1) is 5.92 Å². The predicted molar refractivity (Wildman–Crippen MR) is 89.0 cm³/mol. The van der Waals surface area contributed by atoms with Crippen LogP contribution in [0.25, 0.3) is 0 Å². The lowest BCUT2D eigenvalue weighted by atomic mass is 9.87. The van der Waals surface area contributed by atoms with Crippen molar-refractivity contribution in [3.8, 4) is 5.75 Å². The van der Waals surface area contributed by atoms with Gasteiger partial charge in [-0.3, -0.25) is 4.79 Å². The molecule has 1 amide bonds. The number of ether oxygens (including phenoxy) is 1. The molecule has 1 aromatic rings. The zero-order valence-electron chi connectivity index (χ0n) is 14.1. The summed E-state index contributed by atoms with van der Waals surface area (Å²) in [6.07, 6.45) is 2.28. The van der Waals surface area contributed by atoms with Gasteiger partial charge in [-0.2, -0.15) is 0 Å². The van der Waals surface area contributed by atoms with E-state index in [0.717, 1.165) is 12.8 Å². The van der Waals surface area contributed by atoms with E-state index in [-0.39, 0.29) is 23.5 Å². The van der Waals surface area contributed by atoms with Crippen molar-refractivity contribution in [3.63, 3.8) is 0 Å². The summed E-state index contributed by atoms with van der Waals surface area (Å²) < 4.78 is 5.57. The number of amides is 1. The fourth-order valence-corrected chi connectivity index (χ4v) is 2.59. The van der Waals surface area contributed by atoms with E-state index in [1.165, 1.54) is 5.56 Å². The van der Waals surface area contributed by atoms with Crippen LogP contribution in [0.15, 0.2) is 24.3 Å². The first kappa shape index (κ1) is 16.8. The Morgan fingerprint density at radius 2 is 1.82 bits per heavy atom. The maximum atomic E-state index is 12.1. The Bertz CT molecular complexity index is 515. The first-order valence-electron chi connectivity index (χ1n) is 7.99. The summed E-state index contributed by atoms with van der Waals surface area (Å²) in [6.45, 7) is 9.01. The van der Waals surface area contributed by atoms with Gasteiger partial charge in [-0.25, -0.2) is 0 Å². The molecule has 1 atom stereocenters. The highest BCUT2D eigenvalue weighted by Crippen LogP contribution is 2.38. The first-order chi connectivity index (χ1) is 10.2. The Hall–Kier alpha value is -1.55. The van der Waals surface area contributed by atoms with Crippen LogP contribution in [0.5, 0.6) is 5.75 Å². The molecular formula is C18H28N2O2. The van der Waals surface area contributed by atoms with Gasteiger partial charge < -0.3 is 15.8 Å². The van der Waals surface area contributed by atoms with Crippen molar-refractivity contribution >= 4 is 5.91 Å². The monoisotopic (exact) mass is 304 g/mol. The Morgan fingerprint density at radius 1 is 1.23 bits per heavy atom. The first-order valence-corrected chi connectivity index (χ1v) is 7.99. The number of carbonyl (C=O) groups is 1. The van der Waals surface area contributed by atoms with Crippen LogP contribution in [-0.2, 0) is 10.2 Å². The van der Waals surface area contributed by atoms with Crippen molar-refractivity contribution in [1.29, 1.82) is 0 Å². The predicted octanol–water partition coefficient (Wildman–Crippen LogP) is 2.61. The highest BCUT2D eigenvalue weighted by molar-refractivity contribution is 5.78. The number of hydrogen-bond donors (Lipinski definition) is 2. The molecule has 0 aromatic heterocycles. The average Bonchev–Trinajstić information content (AvgIpc) is 3.29. The van der Waals surface area contributed by atoms with E-state index in [4.69, 9.17) is 10.5 Å². The fraction of sp³-hybridized carbons (Fsp3) is 0.611. The summed E-state index contributed by atoms with van der Waals surface area (Å²) >= 11 is 0. The molecule has 1 unspecified atom stereocenters. The molecule has 1 aliphatic rings. The Balaban J connectivity index is 1.86. The second kappa shape index (κ2) is 6.29. The van der Waals surface area contributed by atoms with Gasteiger partial charge >= 0.3 is 0 Å². The van der Waals surface area contributed by atoms with Gasteiger partial charge in [-0.15, -0.1) is 0 Å². The Morgan fingerprint density at radius 3 is 2.27 bits per heavy atom. The van der Waals surface area contributed by atoms with Crippen LogP contribution in [0.4, 0.5) is 0 Å². The van der Waals surface area contributed by atoms with Gasteiger partial charge in [0.2, 0.25) is 0 Å². The van der Waals surface area contributed by atoms with Gasteiger partial charge in [0.1, 0.15) is 5.75 Å². The summed E-state index contributed by atoms with van der Waals surface area (Å²) in [5, 5.41) is 3.02. The van der Waals surface area contributed by atoms with Crippen molar-refractivity contribution in [2.75, 3.05) is 13.2 Å². The summed E-state index contributed by atoms with van der Waals surface area (Å²) in [5.74, 6) is 1.11. The summed E-state index contributed by atoms with van der Waals surface area (Å²) in [5.41, 5.74) is 6.87. The van der Waals surface area contributed by atoms with Gasteiger partial charge in [0.05, 0.1) is 5.54 Å². The van der Waals surface area contributed by atoms with Crippen LogP contribution in [-0.4, -0.2) is 24.6 Å². The van der Waals surface area contributed by atoms with E-state index in [1.54, 1.807) is 0 Å². The van der Waals surface area contributed by atoms with Crippen molar-refractivity contribution in [1.82, 2.24) is 5.32 Å². The van der Waals surface area contributed by atoms with Crippen LogP contribution < -0.4 is 15.8 Å². The van der Waals surface area contributed by atoms with E-state index in [9.17, 15) is 4.79 Å². The lowest BCUT2D eigenvalue weighted by molar-refractivity contribution is -0.125. The number of rotatable bonds is 6. The number of nitrogens with two attached hydrogens (primary N) is 1. The zero-order valence-corrected chi connectivity index (χ0v) is 14.1. The normalized spacial score (nSPS) is 17.7. The van der Waals surface area contributed by atoms with Gasteiger partial charge in [-0.05, 0) is 48.8 Å². The van der Waals surface area contributed by atoms with E-state index in [0.29, 0.717) is 18.2 Å². The number of benzene rings is 1. The molecule has 1 saturated carbocycles. The molecule has 0 radical (unpaired) electrons. The third kappa shape index (κ3) is 4.23. The number of carbonyl (C=O) groups excluding carboxylic acids is 1. The number of hydrogen-bond acceptors (Lipinski definition) is 3. The lowest BCUT2D eigenvalue weighted by Gasteiger charge is -2.29. The molecule has 0 saturated heterocycles. The van der Waals surface area contributed by atoms with E-state index >= 15 is 0 Å². The van der Waals surface area contributed by atoms with Crippen LogP contribution in [0.2, 0.25) is 0 Å². The molecular weight excluding hydrogens is 276 g/mol. The molecule has 122 valence electrons. The third-order valence-electron chi connectivity index (χ3n) is 4.42. The SMILES string of the molecule is CC(C)(C)c1ccc(OCC(=O)NC(C)(CN)C2CC2)cc1. The molecule has 4 heteroatoms. The molecule has 22 heavy (non-hydrogen) atoms. The van der Waals surface area contributed by atoms with Gasteiger partial charge in [0.15, 0.2) is 6.61 Å². The van der Waals surface area contributed by atoms with E-state index < -0.39 is 0 Å². The molecule has 0 aliphatic heterocycles. The molecule has 1 fully saturated rings. The van der Waals surface area contributed by atoms with Crippen molar-refractivity contribution < 1.29 is 9.53 Å². The minimum Gasteiger partial charge on any atom is -0.484 e. The van der Waals surface area contributed by atoms with Crippen LogP contribution >= 0.6 is 0 Å². The minimum atomic E-state index is -0.295. The second-order valence-corrected chi connectivity index (χ2v) is 7.51. The summed E-state index contributed by atoms with van der Waals surface area (Å²) in [6, 6.07) is 7.91. The van der Waals surface area contributed by atoms with Crippen LogP contribution in [0.1, 0.15) is 46.1 Å². The maximum absolute atomic E-state index is 12.1. The summed E-state index contributed by atoms with van der Waals surface area (Å²) in [7, 11) is 0. The molecule has 0 heterocycles. The second-order valence-electron chi connectivity index (χ2n) is 7.51. The number of nitrogens with one attached hydrogen (secondary N) is 1. The lowest BCUT2D eigenvalue weighted by Crippen LogP contribution is -2.54.